The summed E-state index contributed by atoms with van der Waals surface area (Å²) in [6.07, 6.45) is 7.38. The SMILES string of the molecule is CCCNCc1nnc(C2(C)CCCCC2)o1. The van der Waals surface area contributed by atoms with Gasteiger partial charge in [0.1, 0.15) is 0 Å². The molecule has 0 amide bonds. The highest BCUT2D eigenvalue weighted by atomic mass is 16.4. The Balaban J connectivity index is 1.96. The van der Waals surface area contributed by atoms with Crippen molar-refractivity contribution >= 4 is 0 Å². The van der Waals surface area contributed by atoms with E-state index in [1.54, 1.807) is 0 Å². The van der Waals surface area contributed by atoms with Crippen LogP contribution in [0.3, 0.4) is 0 Å². The predicted octanol–water partition coefficient (Wildman–Crippen LogP) is 2.79. The fourth-order valence-electron chi connectivity index (χ4n) is 2.49. The molecule has 4 heteroatoms. The van der Waals surface area contributed by atoms with E-state index < -0.39 is 0 Å². The average molecular weight is 237 g/mol. The highest BCUT2D eigenvalue weighted by molar-refractivity contribution is 5.03. The van der Waals surface area contributed by atoms with E-state index in [9.17, 15) is 0 Å². The Bertz CT molecular complexity index is 342. The Hall–Kier alpha value is -0.900. The van der Waals surface area contributed by atoms with Crippen LogP contribution in [0.15, 0.2) is 4.42 Å². The molecule has 1 saturated carbocycles. The number of hydrogen-bond donors (Lipinski definition) is 1. The molecule has 1 aliphatic rings. The van der Waals surface area contributed by atoms with Gasteiger partial charge in [-0.3, -0.25) is 0 Å². The van der Waals surface area contributed by atoms with E-state index in [2.05, 4.69) is 29.4 Å². The largest absolute Gasteiger partial charge is 0.423 e. The molecule has 1 fully saturated rings. The maximum absolute atomic E-state index is 5.79. The number of aromatic nitrogens is 2. The number of nitrogens with zero attached hydrogens (tertiary/aromatic N) is 2. The van der Waals surface area contributed by atoms with Gasteiger partial charge in [0.15, 0.2) is 0 Å². The second-order valence-electron chi connectivity index (χ2n) is 5.30. The second kappa shape index (κ2) is 5.63. The molecule has 0 radical (unpaired) electrons. The monoisotopic (exact) mass is 237 g/mol. The van der Waals surface area contributed by atoms with Gasteiger partial charge in [-0.25, -0.2) is 0 Å². The number of rotatable bonds is 5. The molecule has 0 unspecified atom stereocenters. The molecular weight excluding hydrogens is 214 g/mol. The zero-order valence-electron chi connectivity index (χ0n) is 11.0. The van der Waals surface area contributed by atoms with Crippen molar-refractivity contribution in [3.8, 4) is 0 Å². The normalized spacial score (nSPS) is 19.4. The quantitative estimate of drug-likeness (QED) is 0.800. The summed E-state index contributed by atoms with van der Waals surface area (Å²) in [6, 6.07) is 0. The molecule has 0 atom stereocenters. The molecule has 0 aromatic carbocycles. The molecule has 0 bridgehead atoms. The van der Waals surface area contributed by atoms with E-state index in [0.717, 1.165) is 24.7 Å². The van der Waals surface area contributed by atoms with Gasteiger partial charge in [-0.1, -0.05) is 33.1 Å². The topological polar surface area (TPSA) is 51.0 Å². The van der Waals surface area contributed by atoms with E-state index in [-0.39, 0.29) is 5.41 Å². The number of hydrogen-bond acceptors (Lipinski definition) is 4. The fraction of sp³-hybridized carbons (Fsp3) is 0.846. The van der Waals surface area contributed by atoms with Gasteiger partial charge in [0.05, 0.1) is 6.54 Å². The van der Waals surface area contributed by atoms with E-state index in [4.69, 9.17) is 4.42 Å². The lowest BCUT2D eigenvalue weighted by Gasteiger charge is -2.29. The highest BCUT2D eigenvalue weighted by Gasteiger charge is 2.34. The van der Waals surface area contributed by atoms with Crippen LogP contribution in [0.25, 0.3) is 0 Å². The molecule has 1 N–H and O–H groups in total. The lowest BCUT2D eigenvalue weighted by molar-refractivity contribution is 0.251. The van der Waals surface area contributed by atoms with Crippen molar-refractivity contribution < 1.29 is 4.42 Å². The molecular formula is C13H23N3O. The van der Waals surface area contributed by atoms with Gasteiger partial charge in [0, 0.05) is 5.41 Å². The number of nitrogens with one attached hydrogen (secondary N) is 1. The molecule has 4 nitrogen and oxygen atoms in total. The third-order valence-corrected chi connectivity index (χ3v) is 3.64. The first-order valence-corrected chi connectivity index (χ1v) is 6.78. The van der Waals surface area contributed by atoms with Crippen LogP contribution >= 0.6 is 0 Å². The molecule has 0 aliphatic heterocycles. The van der Waals surface area contributed by atoms with Crippen molar-refractivity contribution in [2.45, 2.75) is 64.3 Å². The van der Waals surface area contributed by atoms with Gasteiger partial charge in [-0.2, -0.15) is 0 Å². The first-order chi connectivity index (χ1) is 8.24. The van der Waals surface area contributed by atoms with E-state index in [0.29, 0.717) is 6.54 Å². The minimum Gasteiger partial charge on any atom is -0.423 e. The average Bonchev–Trinajstić information content (AvgIpc) is 2.80. The van der Waals surface area contributed by atoms with Crippen LogP contribution in [0, 0.1) is 0 Å². The third-order valence-electron chi connectivity index (χ3n) is 3.64. The van der Waals surface area contributed by atoms with Crippen LogP contribution in [-0.4, -0.2) is 16.7 Å². The van der Waals surface area contributed by atoms with Crippen molar-refractivity contribution in [2.75, 3.05) is 6.54 Å². The third kappa shape index (κ3) is 3.06. The molecule has 17 heavy (non-hydrogen) atoms. The predicted molar refractivity (Wildman–Crippen MR) is 66.7 cm³/mol. The van der Waals surface area contributed by atoms with Crippen molar-refractivity contribution in [3.63, 3.8) is 0 Å². The van der Waals surface area contributed by atoms with Crippen LogP contribution in [-0.2, 0) is 12.0 Å². The van der Waals surface area contributed by atoms with Crippen molar-refractivity contribution in [3.05, 3.63) is 11.8 Å². The van der Waals surface area contributed by atoms with E-state index in [1.807, 2.05) is 0 Å². The van der Waals surface area contributed by atoms with Crippen LogP contribution < -0.4 is 5.32 Å². The first-order valence-electron chi connectivity index (χ1n) is 6.78. The Morgan fingerprint density at radius 2 is 2.00 bits per heavy atom. The molecule has 0 spiro atoms. The summed E-state index contributed by atoms with van der Waals surface area (Å²) in [5.74, 6) is 1.56. The summed E-state index contributed by atoms with van der Waals surface area (Å²) < 4.78 is 5.79. The minimum absolute atomic E-state index is 0.119. The maximum Gasteiger partial charge on any atom is 0.230 e. The summed E-state index contributed by atoms with van der Waals surface area (Å²) in [7, 11) is 0. The van der Waals surface area contributed by atoms with Crippen LogP contribution in [0.1, 0.15) is 64.2 Å². The molecule has 0 saturated heterocycles. The lowest BCUT2D eigenvalue weighted by atomic mass is 9.76. The minimum atomic E-state index is 0.119. The van der Waals surface area contributed by atoms with Crippen molar-refractivity contribution in [1.82, 2.24) is 15.5 Å². The van der Waals surface area contributed by atoms with Crippen LogP contribution in [0.2, 0.25) is 0 Å². The summed E-state index contributed by atoms with van der Waals surface area (Å²) in [4.78, 5) is 0. The zero-order valence-corrected chi connectivity index (χ0v) is 11.0. The first kappa shape index (κ1) is 12.6. The molecule has 1 aromatic rings. The lowest BCUT2D eigenvalue weighted by Crippen LogP contribution is -2.25. The molecule has 1 aromatic heterocycles. The van der Waals surface area contributed by atoms with Gasteiger partial charge < -0.3 is 9.73 Å². The standard InChI is InChI=1S/C13H23N3O/c1-3-9-14-10-11-15-16-12(17-11)13(2)7-5-4-6-8-13/h14H,3-10H2,1-2H3. The Morgan fingerprint density at radius 3 is 2.71 bits per heavy atom. The molecule has 1 heterocycles. The van der Waals surface area contributed by atoms with Gasteiger partial charge in [0.2, 0.25) is 11.8 Å². The second-order valence-corrected chi connectivity index (χ2v) is 5.30. The van der Waals surface area contributed by atoms with Crippen molar-refractivity contribution in [1.29, 1.82) is 0 Å². The van der Waals surface area contributed by atoms with Crippen LogP contribution in [0.4, 0.5) is 0 Å². The molecule has 1 aliphatic carbocycles. The highest BCUT2D eigenvalue weighted by Crippen LogP contribution is 2.37. The molecule has 2 rings (SSSR count). The molecule has 96 valence electrons. The van der Waals surface area contributed by atoms with E-state index >= 15 is 0 Å². The van der Waals surface area contributed by atoms with Gasteiger partial charge >= 0.3 is 0 Å². The zero-order chi connectivity index (χ0) is 12.1. The maximum atomic E-state index is 5.79. The summed E-state index contributed by atoms with van der Waals surface area (Å²) in [5, 5.41) is 11.6. The van der Waals surface area contributed by atoms with Gasteiger partial charge in [-0.15, -0.1) is 10.2 Å². The van der Waals surface area contributed by atoms with Gasteiger partial charge in [0.25, 0.3) is 0 Å². The Labute approximate surface area is 103 Å². The van der Waals surface area contributed by atoms with Gasteiger partial charge in [-0.05, 0) is 25.8 Å². The Kier molecular flexibility index (Phi) is 4.15. The Morgan fingerprint density at radius 1 is 1.24 bits per heavy atom. The van der Waals surface area contributed by atoms with E-state index in [1.165, 1.54) is 32.1 Å². The fourth-order valence-corrected chi connectivity index (χ4v) is 2.49. The summed E-state index contributed by atoms with van der Waals surface area (Å²) in [6.45, 7) is 6.09. The van der Waals surface area contributed by atoms with Crippen molar-refractivity contribution in [2.24, 2.45) is 0 Å². The summed E-state index contributed by atoms with van der Waals surface area (Å²) >= 11 is 0. The summed E-state index contributed by atoms with van der Waals surface area (Å²) in [5.41, 5.74) is 0.119. The van der Waals surface area contributed by atoms with Crippen LogP contribution in [0.5, 0.6) is 0 Å². The smallest absolute Gasteiger partial charge is 0.230 e.